The van der Waals surface area contributed by atoms with Crippen molar-refractivity contribution in [2.24, 2.45) is 10.2 Å². The van der Waals surface area contributed by atoms with Crippen molar-refractivity contribution in [3.05, 3.63) is 33.5 Å². The standard InChI is InChI=1S/C10H11N11O2/c11-8-7-9(15-2-14-8)21(3-16-7)10-6(18-20-13)5(17-19-12)4(1-22)23-10/h2-6,10,22H,1H2,(H2,11,14,15)/t4-,5-,6-,10+/m1/s1. The van der Waals surface area contributed by atoms with Gasteiger partial charge in [-0.2, -0.15) is 0 Å². The van der Waals surface area contributed by atoms with E-state index in [-0.39, 0.29) is 5.82 Å². The van der Waals surface area contributed by atoms with Crippen molar-refractivity contribution in [1.82, 2.24) is 19.5 Å². The minimum atomic E-state index is -0.873. The lowest BCUT2D eigenvalue weighted by Crippen LogP contribution is -2.30. The van der Waals surface area contributed by atoms with Gasteiger partial charge in [0.15, 0.2) is 11.5 Å². The van der Waals surface area contributed by atoms with E-state index >= 15 is 0 Å². The van der Waals surface area contributed by atoms with Crippen LogP contribution in [0.3, 0.4) is 0 Å². The fourth-order valence-electron chi connectivity index (χ4n) is 2.55. The van der Waals surface area contributed by atoms with Gasteiger partial charge in [0.05, 0.1) is 31.1 Å². The summed E-state index contributed by atoms with van der Waals surface area (Å²) in [6.45, 7) is -0.401. The third-order valence-electron chi connectivity index (χ3n) is 3.55. The van der Waals surface area contributed by atoms with Crippen LogP contribution in [0, 0.1) is 0 Å². The number of aliphatic hydroxyl groups is 1. The molecule has 1 fully saturated rings. The van der Waals surface area contributed by atoms with Crippen LogP contribution in [-0.4, -0.2) is 49.4 Å². The second-order valence-electron chi connectivity index (χ2n) is 4.72. The SMILES string of the molecule is [N-]=[N+]=N[C@@H]1[C@H](N=[N+]=[N-])[C@@H](CO)O[C@@H]1n1cnc2c(N)ncnc21. The predicted molar refractivity (Wildman–Crippen MR) is 76.6 cm³/mol. The number of nitrogens with zero attached hydrogens (tertiary/aromatic N) is 10. The summed E-state index contributed by atoms with van der Waals surface area (Å²) in [6, 6.07) is -1.73. The number of nitrogens with two attached hydrogens (primary N) is 1. The second-order valence-corrected chi connectivity index (χ2v) is 4.72. The zero-order chi connectivity index (χ0) is 16.4. The van der Waals surface area contributed by atoms with Gasteiger partial charge in [-0.3, -0.25) is 4.57 Å². The van der Waals surface area contributed by atoms with Crippen LogP contribution in [0.1, 0.15) is 6.23 Å². The van der Waals surface area contributed by atoms with Crippen molar-refractivity contribution in [2.45, 2.75) is 24.4 Å². The number of nitrogen functional groups attached to an aromatic ring is 1. The molecule has 0 bridgehead atoms. The first kappa shape index (κ1) is 14.8. The number of ether oxygens (including phenoxy) is 1. The average Bonchev–Trinajstić information content (AvgIpc) is 3.11. The summed E-state index contributed by atoms with van der Waals surface area (Å²) in [7, 11) is 0. The largest absolute Gasteiger partial charge is 0.394 e. The number of anilines is 1. The first-order valence-corrected chi connectivity index (χ1v) is 6.49. The Morgan fingerprint density at radius 2 is 2.00 bits per heavy atom. The van der Waals surface area contributed by atoms with E-state index in [9.17, 15) is 5.11 Å². The van der Waals surface area contributed by atoms with Crippen molar-refractivity contribution in [1.29, 1.82) is 0 Å². The highest BCUT2D eigenvalue weighted by Gasteiger charge is 2.45. The molecule has 13 nitrogen and oxygen atoms in total. The number of hydrogen-bond acceptors (Lipinski definition) is 8. The molecule has 1 saturated heterocycles. The number of rotatable bonds is 4. The summed E-state index contributed by atoms with van der Waals surface area (Å²) in [4.78, 5) is 17.5. The Balaban J connectivity index is 2.11. The Hall–Kier alpha value is -3.11. The zero-order valence-corrected chi connectivity index (χ0v) is 11.6. The maximum absolute atomic E-state index is 9.41. The summed E-state index contributed by atoms with van der Waals surface area (Å²) in [6.07, 6.45) is 1.01. The summed E-state index contributed by atoms with van der Waals surface area (Å²) >= 11 is 0. The smallest absolute Gasteiger partial charge is 0.167 e. The normalized spacial score (nSPS) is 26.7. The molecule has 13 heteroatoms. The minimum Gasteiger partial charge on any atom is -0.394 e. The van der Waals surface area contributed by atoms with Crippen LogP contribution in [0.15, 0.2) is 22.9 Å². The van der Waals surface area contributed by atoms with Crippen LogP contribution in [0.5, 0.6) is 0 Å². The van der Waals surface area contributed by atoms with E-state index in [4.69, 9.17) is 21.5 Å². The van der Waals surface area contributed by atoms with Gasteiger partial charge in [-0.05, 0) is 11.1 Å². The zero-order valence-electron chi connectivity index (χ0n) is 11.6. The number of aliphatic hydroxyl groups excluding tert-OH is 1. The third-order valence-corrected chi connectivity index (χ3v) is 3.55. The van der Waals surface area contributed by atoms with Gasteiger partial charge >= 0.3 is 0 Å². The summed E-state index contributed by atoms with van der Waals surface area (Å²) in [5.41, 5.74) is 23.9. The van der Waals surface area contributed by atoms with Gasteiger partial charge in [0, 0.05) is 9.82 Å². The van der Waals surface area contributed by atoms with E-state index in [2.05, 4.69) is 35.0 Å². The predicted octanol–water partition coefficient (Wildman–Crippen LogP) is 0.656. The molecule has 1 aliphatic heterocycles. The highest BCUT2D eigenvalue weighted by molar-refractivity contribution is 5.81. The maximum Gasteiger partial charge on any atom is 0.167 e. The molecule has 2 aromatic heterocycles. The molecule has 118 valence electrons. The summed E-state index contributed by atoms with van der Waals surface area (Å²) < 4.78 is 7.18. The fourth-order valence-corrected chi connectivity index (χ4v) is 2.55. The average molecular weight is 317 g/mol. The van der Waals surface area contributed by atoms with Crippen LogP contribution in [0.25, 0.3) is 32.0 Å². The van der Waals surface area contributed by atoms with Crippen LogP contribution >= 0.6 is 0 Å². The van der Waals surface area contributed by atoms with E-state index in [1.54, 1.807) is 0 Å². The number of fused-ring (bicyclic) bond motifs is 1. The molecule has 3 N–H and O–H groups in total. The minimum absolute atomic E-state index is 0.192. The van der Waals surface area contributed by atoms with E-state index in [0.717, 1.165) is 0 Å². The van der Waals surface area contributed by atoms with Gasteiger partial charge < -0.3 is 15.6 Å². The fraction of sp³-hybridized carbons (Fsp3) is 0.500. The number of aromatic nitrogens is 4. The molecular formula is C10H11N11O2. The molecule has 3 heterocycles. The van der Waals surface area contributed by atoms with Gasteiger partial charge in [-0.25, -0.2) is 15.0 Å². The monoisotopic (exact) mass is 317 g/mol. The van der Waals surface area contributed by atoms with Crippen LogP contribution in [-0.2, 0) is 4.74 Å². The van der Waals surface area contributed by atoms with Gasteiger partial charge in [-0.15, -0.1) is 0 Å². The molecule has 23 heavy (non-hydrogen) atoms. The lowest BCUT2D eigenvalue weighted by Gasteiger charge is -2.17. The van der Waals surface area contributed by atoms with E-state index in [0.29, 0.717) is 11.2 Å². The molecule has 0 saturated carbocycles. The summed E-state index contributed by atoms with van der Waals surface area (Å²) in [5, 5.41) is 16.6. The molecule has 0 aromatic carbocycles. The summed E-state index contributed by atoms with van der Waals surface area (Å²) in [5.74, 6) is 0.192. The first-order chi connectivity index (χ1) is 11.2. The number of azide groups is 2. The molecule has 3 rings (SSSR count). The quantitative estimate of drug-likeness (QED) is 0.471. The van der Waals surface area contributed by atoms with Crippen molar-refractivity contribution in [3.8, 4) is 0 Å². The lowest BCUT2D eigenvalue weighted by molar-refractivity contribution is -0.0260. The van der Waals surface area contributed by atoms with E-state index in [1.807, 2.05) is 0 Å². The van der Waals surface area contributed by atoms with Gasteiger partial charge in [0.2, 0.25) is 0 Å². The Morgan fingerprint density at radius 1 is 1.26 bits per heavy atom. The van der Waals surface area contributed by atoms with Gasteiger partial charge in [0.25, 0.3) is 0 Å². The van der Waals surface area contributed by atoms with E-state index < -0.39 is 31.0 Å². The van der Waals surface area contributed by atoms with Crippen LogP contribution in [0.4, 0.5) is 5.82 Å². The Bertz CT molecular complexity index is 821. The Labute approximate surface area is 128 Å². The third kappa shape index (κ3) is 2.35. The second kappa shape index (κ2) is 5.94. The van der Waals surface area contributed by atoms with Crippen molar-refractivity contribution in [3.63, 3.8) is 0 Å². The molecule has 0 amide bonds. The molecular weight excluding hydrogens is 306 g/mol. The Morgan fingerprint density at radius 3 is 2.70 bits per heavy atom. The van der Waals surface area contributed by atoms with Crippen molar-refractivity contribution in [2.75, 3.05) is 12.3 Å². The molecule has 0 radical (unpaired) electrons. The molecule has 0 spiro atoms. The number of hydrogen-bond donors (Lipinski definition) is 2. The molecule has 4 atom stereocenters. The maximum atomic E-state index is 9.41. The van der Waals surface area contributed by atoms with Crippen LogP contribution in [0.2, 0.25) is 0 Å². The highest BCUT2D eigenvalue weighted by Crippen LogP contribution is 2.35. The molecule has 0 unspecified atom stereocenters. The van der Waals surface area contributed by atoms with Crippen LogP contribution < -0.4 is 5.73 Å². The topological polar surface area (TPSA) is 197 Å². The Kier molecular flexibility index (Phi) is 3.83. The lowest BCUT2D eigenvalue weighted by atomic mass is 10.1. The highest BCUT2D eigenvalue weighted by atomic mass is 16.5. The molecule has 2 aromatic rings. The molecule has 1 aliphatic rings. The first-order valence-electron chi connectivity index (χ1n) is 6.49. The van der Waals surface area contributed by atoms with Crippen molar-refractivity contribution < 1.29 is 9.84 Å². The van der Waals surface area contributed by atoms with Gasteiger partial charge in [-0.1, -0.05) is 10.2 Å². The van der Waals surface area contributed by atoms with Crippen molar-refractivity contribution >= 4 is 17.0 Å². The molecule has 0 aliphatic carbocycles. The van der Waals surface area contributed by atoms with Gasteiger partial charge in [0.1, 0.15) is 18.1 Å². The number of imidazole rings is 1. The van der Waals surface area contributed by atoms with E-state index in [1.165, 1.54) is 17.2 Å².